The molecule has 2 aromatic rings. The van der Waals surface area contributed by atoms with Crippen LogP contribution in [0.5, 0.6) is 0 Å². The fourth-order valence-electron chi connectivity index (χ4n) is 3.01. The quantitative estimate of drug-likeness (QED) is 0.756. The van der Waals surface area contributed by atoms with E-state index in [1.54, 1.807) is 18.5 Å². The molecule has 0 aliphatic heterocycles. The molecule has 1 aliphatic rings. The second-order valence-corrected chi connectivity index (χ2v) is 5.92. The minimum Gasteiger partial charge on any atom is -0.366 e. The lowest BCUT2D eigenvalue weighted by Crippen LogP contribution is -2.24. The van der Waals surface area contributed by atoms with Crippen LogP contribution in [-0.4, -0.2) is 21.8 Å². The molecule has 1 aliphatic carbocycles. The van der Waals surface area contributed by atoms with E-state index < -0.39 is 5.91 Å². The lowest BCUT2D eigenvalue weighted by Gasteiger charge is -2.20. The number of hydrogen-bond donors (Lipinski definition) is 3. The van der Waals surface area contributed by atoms with Gasteiger partial charge >= 0.3 is 0 Å². The van der Waals surface area contributed by atoms with Crippen molar-refractivity contribution in [2.24, 2.45) is 11.7 Å². The number of amides is 2. The maximum atomic E-state index is 12.3. The van der Waals surface area contributed by atoms with Crippen LogP contribution >= 0.6 is 0 Å². The summed E-state index contributed by atoms with van der Waals surface area (Å²) in [5.74, 6) is -0.343. The van der Waals surface area contributed by atoms with Crippen molar-refractivity contribution in [3.8, 4) is 0 Å². The molecule has 0 radical (unpaired) electrons. The number of pyridine rings is 1. The molecular formula is C17H20N4O2. The third-order valence-electron chi connectivity index (χ3n) is 4.23. The summed E-state index contributed by atoms with van der Waals surface area (Å²) in [5, 5.41) is 3.79. The second-order valence-electron chi connectivity index (χ2n) is 5.92. The van der Waals surface area contributed by atoms with Gasteiger partial charge in [-0.05, 0) is 25.0 Å². The average Bonchev–Trinajstić information content (AvgIpc) is 2.96. The number of nitrogens with one attached hydrogen (secondary N) is 2. The van der Waals surface area contributed by atoms with E-state index in [0.29, 0.717) is 11.3 Å². The van der Waals surface area contributed by atoms with Crippen LogP contribution in [0.1, 0.15) is 37.7 Å². The summed E-state index contributed by atoms with van der Waals surface area (Å²) < 4.78 is 0. The minimum atomic E-state index is -0.505. The van der Waals surface area contributed by atoms with Gasteiger partial charge in [0.2, 0.25) is 11.8 Å². The fourth-order valence-corrected chi connectivity index (χ4v) is 3.01. The zero-order valence-electron chi connectivity index (χ0n) is 12.8. The Labute approximate surface area is 134 Å². The number of carbonyl (C=O) groups excluding carboxylic acids is 2. The van der Waals surface area contributed by atoms with E-state index in [4.69, 9.17) is 5.73 Å². The first-order valence-corrected chi connectivity index (χ1v) is 7.89. The maximum absolute atomic E-state index is 12.3. The molecule has 3 rings (SSSR count). The van der Waals surface area contributed by atoms with E-state index in [1.807, 2.05) is 6.07 Å². The van der Waals surface area contributed by atoms with Gasteiger partial charge in [-0.2, -0.15) is 0 Å². The summed E-state index contributed by atoms with van der Waals surface area (Å²) in [7, 11) is 0. The van der Waals surface area contributed by atoms with E-state index in [9.17, 15) is 9.59 Å². The normalized spacial score (nSPS) is 16.0. The number of rotatable bonds is 4. The van der Waals surface area contributed by atoms with Crippen LogP contribution in [0.3, 0.4) is 0 Å². The Morgan fingerprint density at radius 1 is 1.30 bits per heavy atom. The van der Waals surface area contributed by atoms with Crippen LogP contribution in [0.4, 0.5) is 5.69 Å². The monoisotopic (exact) mass is 312 g/mol. The highest BCUT2D eigenvalue weighted by Gasteiger charge is 2.21. The van der Waals surface area contributed by atoms with Crippen molar-refractivity contribution in [2.75, 3.05) is 5.32 Å². The van der Waals surface area contributed by atoms with Gasteiger partial charge in [-0.1, -0.05) is 19.3 Å². The Morgan fingerprint density at radius 2 is 2.09 bits per heavy atom. The number of primary amides is 1. The van der Waals surface area contributed by atoms with Gasteiger partial charge in [0.25, 0.3) is 0 Å². The average molecular weight is 312 g/mol. The largest absolute Gasteiger partial charge is 0.366 e. The molecular weight excluding hydrogens is 292 g/mol. The molecule has 0 spiro atoms. The lowest BCUT2D eigenvalue weighted by atomic mass is 9.88. The summed E-state index contributed by atoms with van der Waals surface area (Å²) >= 11 is 0. The highest BCUT2D eigenvalue weighted by molar-refractivity contribution is 5.97. The summed E-state index contributed by atoms with van der Waals surface area (Å²) in [6, 6.07) is 1.86. The van der Waals surface area contributed by atoms with Crippen molar-refractivity contribution in [2.45, 2.75) is 32.1 Å². The molecule has 1 saturated carbocycles. The molecule has 0 atom stereocenters. The summed E-state index contributed by atoms with van der Waals surface area (Å²) in [6.45, 7) is 0. The highest BCUT2D eigenvalue weighted by atomic mass is 16.2. The van der Waals surface area contributed by atoms with Crippen molar-refractivity contribution in [3.05, 3.63) is 30.1 Å². The first kappa shape index (κ1) is 15.3. The van der Waals surface area contributed by atoms with Gasteiger partial charge in [-0.15, -0.1) is 0 Å². The minimum absolute atomic E-state index is 0.0654. The molecule has 1 fully saturated rings. The first-order chi connectivity index (χ1) is 11.1. The van der Waals surface area contributed by atoms with E-state index >= 15 is 0 Å². The summed E-state index contributed by atoms with van der Waals surface area (Å²) in [6.07, 6.45) is 11.7. The predicted molar refractivity (Wildman–Crippen MR) is 89.5 cm³/mol. The molecule has 2 amide bonds. The van der Waals surface area contributed by atoms with Gasteiger partial charge in [0.1, 0.15) is 5.65 Å². The van der Waals surface area contributed by atoms with Gasteiger partial charge < -0.3 is 16.0 Å². The fraction of sp³-hybridized carbons (Fsp3) is 0.353. The standard InChI is InChI=1S/C17H20N4O2/c18-15(22)7-6-12-9-19-16-14(12)8-13(10-20-16)21-17(23)11-4-2-1-3-5-11/h6-11H,1-5H2,(H2,18,22)(H,19,20)(H,21,23)/b7-6+. The Hall–Kier alpha value is -2.63. The van der Waals surface area contributed by atoms with Crippen LogP contribution in [0.15, 0.2) is 24.5 Å². The van der Waals surface area contributed by atoms with E-state index in [-0.39, 0.29) is 11.8 Å². The van der Waals surface area contributed by atoms with Crippen molar-refractivity contribution < 1.29 is 9.59 Å². The van der Waals surface area contributed by atoms with Gasteiger partial charge in [0.15, 0.2) is 0 Å². The molecule has 23 heavy (non-hydrogen) atoms. The number of carbonyl (C=O) groups is 2. The molecule has 0 unspecified atom stereocenters. The molecule has 6 heteroatoms. The number of anilines is 1. The molecule has 0 bridgehead atoms. The zero-order valence-corrected chi connectivity index (χ0v) is 12.8. The third kappa shape index (κ3) is 3.59. The number of H-pyrrole nitrogens is 1. The number of nitrogens with zero attached hydrogens (tertiary/aromatic N) is 1. The van der Waals surface area contributed by atoms with Crippen LogP contribution < -0.4 is 11.1 Å². The number of hydrogen-bond acceptors (Lipinski definition) is 3. The molecule has 4 N–H and O–H groups in total. The van der Waals surface area contributed by atoms with Gasteiger partial charge in [-0.3, -0.25) is 9.59 Å². The Kier molecular flexibility index (Phi) is 4.41. The lowest BCUT2D eigenvalue weighted by molar-refractivity contribution is -0.120. The number of aromatic nitrogens is 2. The summed E-state index contributed by atoms with van der Waals surface area (Å²) in [4.78, 5) is 30.5. The topological polar surface area (TPSA) is 101 Å². The molecule has 120 valence electrons. The van der Waals surface area contributed by atoms with E-state index in [2.05, 4.69) is 15.3 Å². The molecule has 0 saturated heterocycles. The molecule has 2 heterocycles. The highest BCUT2D eigenvalue weighted by Crippen LogP contribution is 2.26. The molecule has 0 aromatic carbocycles. The Morgan fingerprint density at radius 3 is 2.83 bits per heavy atom. The smallest absolute Gasteiger partial charge is 0.241 e. The molecule has 6 nitrogen and oxygen atoms in total. The molecule has 2 aromatic heterocycles. The predicted octanol–water partition coefficient (Wildman–Crippen LogP) is 2.58. The van der Waals surface area contributed by atoms with Crippen LogP contribution in [0, 0.1) is 5.92 Å². The van der Waals surface area contributed by atoms with Crippen molar-refractivity contribution in [3.63, 3.8) is 0 Å². The van der Waals surface area contributed by atoms with E-state index in [0.717, 1.165) is 36.6 Å². The van der Waals surface area contributed by atoms with Gasteiger partial charge in [-0.25, -0.2) is 4.98 Å². The number of aromatic amines is 1. The van der Waals surface area contributed by atoms with Crippen LogP contribution in [0.2, 0.25) is 0 Å². The Bertz CT molecular complexity index is 757. The number of nitrogens with two attached hydrogens (primary N) is 1. The number of fused-ring (bicyclic) bond motifs is 1. The second kappa shape index (κ2) is 6.64. The van der Waals surface area contributed by atoms with E-state index in [1.165, 1.54) is 12.5 Å². The van der Waals surface area contributed by atoms with Gasteiger partial charge in [0.05, 0.1) is 11.9 Å². The van der Waals surface area contributed by atoms with Crippen molar-refractivity contribution in [1.29, 1.82) is 0 Å². The first-order valence-electron chi connectivity index (χ1n) is 7.89. The summed E-state index contributed by atoms with van der Waals surface area (Å²) in [5.41, 5.74) is 7.30. The van der Waals surface area contributed by atoms with Crippen molar-refractivity contribution >= 4 is 34.6 Å². The van der Waals surface area contributed by atoms with Crippen molar-refractivity contribution in [1.82, 2.24) is 9.97 Å². The van der Waals surface area contributed by atoms with Gasteiger partial charge in [0, 0.05) is 29.1 Å². The Balaban J connectivity index is 1.80. The van der Waals surface area contributed by atoms with Crippen LogP contribution in [-0.2, 0) is 9.59 Å². The SMILES string of the molecule is NC(=O)/C=C/c1c[nH]c2ncc(NC(=O)C3CCCCC3)cc12. The third-order valence-corrected chi connectivity index (χ3v) is 4.23. The maximum Gasteiger partial charge on any atom is 0.241 e. The zero-order chi connectivity index (χ0) is 16.2. The van der Waals surface area contributed by atoms with Crippen LogP contribution in [0.25, 0.3) is 17.1 Å².